The second-order valence-corrected chi connectivity index (χ2v) is 3.57. The van der Waals surface area contributed by atoms with Crippen molar-refractivity contribution >= 4 is 33.3 Å². The molecule has 0 bridgehead atoms. The van der Waals surface area contributed by atoms with Crippen molar-refractivity contribution in [1.29, 1.82) is 0 Å². The quantitative estimate of drug-likeness (QED) is 0.675. The van der Waals surface area contributed by atoms with Crippen LogP contribution in [0.25, 0.3) is 0 Å². The molecule has 0 aliphatic rings. The molecular formula is C7H5Cl2FS. The standard InChI is InChI=1S/C7H5Cl2FS/c1-4-2-6(10)5(8)3-7(4)11-9/h2-3H,1H3. The summed E-state index contributed by atoms with van der Waals surface area (Å²) in [5.74, 6) is -0.404. The van der Waals surface area contributed by atoms with Crippen LogP contribution in [0.1, 0.15) is 5.56 Å². The van der Waals surface area contributed by atoms with Crippen molar-refractivity contribution in [3.05, 3.63) is 28.5 Å². The highest BCUT2D eigenvalue weighted by Gasteiger charge is 2.04. The fourth-order valence-corrected chi connectivity index (χ4v) is 1.78. The van der Waals surface area contributed by atoms with E-state index in [2.05, 4.69) is 0 Å². The Labute approximate surface area is 78.2 Å². The third kappa shape index (κ3) is 2.01. The molecule has 0 aromatic heterocycles. The molecule has 1 aromatic rings. The van der Waals surface area contributed by atoms with Crippen LogP contribution in [0.4, 0.5) is 4.39 Å². The van der Waals surface area contributed by atoms with Gasteiger partial charge in [-0.3, -0.25) is 0 Å². The van der Waals surface area contributed by atoms with Gasteiger partial charge in [-0.05, 0) is 46.3 Å². The summed E-state index contributed by atoms with van der Waals surface area (Å²) in [5.41, 5.74) is 0.798. The molecule has 0 radical (unpaired) electrons. The molecule has 0 spiro atoms. The molecule has 0 N–H and O–H groups in total. The van der Waals surface area contributed by atoms with Crippen molar-refractivity contribution in [2.45, 2.75) is 11.8 Å². The van der Waals surface area contributed by atoms with Gasteiger partial charge in [-0.25, -0.2) is 4.39 Å². The van der Waals surface area contributed by atoms with Crippen molar-refractivity contribution in [3.63, 3.8) is 0 Å². The highest BCUT2D eigenvalue weighted by Crippen LogP contribution is 2.29. The molecule has 0 saturated heterocycles. The maximum absolute atomic E-state index is 12.7. The van der Waals surface area contributed by atoms with Gasteiger partial charge in [0.1, 0.15) is 5.82 Å². The highest BCUT2D eigenvalue weighted by atomic mass is 35.7. The Bertz CT molecular complexity index is 275. The van der Waals surface area contributed by atoms with E-state index in [0.717, 1.165) is 21.4 Å². The third-order valence-electron chi connectivity index (χ3n) is 1.30. The largest absolute Gasteiger partial charge is 0.205 e. The highest BCUT2D eigenvalue weighted by molar-refractivity contribution is 8.21. The molecule has 60 valence electrons. The lowest BCUT2D eigenvalue weighted by Gasteiger charge is -2.01. The molecule has 0 fully saturated rings. The molecule has 1 aromatic carbocycles. The van der Waals surface area contributed by atoms with Crippen LogP contribution in [0, 0.1) is 12.7 Å². The second kappa shape index (κ2) is 3.65. The monoisotopic (exact) mass is 210 g/mol. The fourth-order valence-electron chi connectivity index (χ4n) is 0.711. The molecule has 0 nitrogen and oxygen atoms in total. The number of rotatable bonds is 1. The Morgan fingerprint density at radius 1 is 1.45 bits per heavy atom. The minimum atomic E-state index is -0.404. The Balaban J connectivity index is 3.21. The van der Waals surface area contributed by atoms with Crippen LogP contribution in [0.2, 0.25) is 5.02 Å². The predicted molar refractivity (Wildman–Crippen MR) is 47.9 cm³/mol. The average Bonchev–Trinajstić information content (AvgIpc) is 1.97. The number of benzene rings is 1. The first-order chi connectivity index (χ1) is 5.15. The van der Waals surface area contributed by atoms with E-state index in [1.54, 1.807) is 6.92 Å². The van der Waals surface area contributed by atoms with E-state index in [9.17, 15) is 4.39 Å². The molecule has 0 unspecified atom stereocenters. The molecule has 4 heteroatoms. The zero-order valence-electron chi connectivity index (χ0n) is 5.70. The van der Waals surface area contributed by atoms with Crippen molar-refractivity contribution in [1.82, 2.24) is 0 Å². The lowest BCUT2D eigenvalue weighted by atomic mass is 10.2. The van der Waals surface area contributed by atoms with Crippen molar-refractivity contribution in [2.24, 2.45) is 0 Å². The van der Waals surface area contributed by atoms with Crippen LogP contribution in [0.15, 0.2) is 17.0 Å². The van der Waals surface area contributed by atoms with Crippen LogP contribution in [-0.4, -0.2) is 0 Å². The van der Waals surface area contributed by atoms with Crippen LogP contribution >= 0.6 is 33.3 Å². The summed E-state index contributed by atoms with van der Waals surface area (Å²) in [5, 5.41) is 0.110. The Kier molecular flexibility index (Phi) is 3.05. The molecule has 0 amide bonds. The van der Waals surface area contributed by atoms with Gasteiger partial charge >= 0.3 is 0 Å². The first-order valence-corrected chi connectivity index (χ1v) is 4.91. The van der Waals surface area contributed by atoms with E-state index in [1.165, 1.54) is 12.1 Å². The van der Waals surface area contributed by atoms with Gasteiger partial charge in [0.15, 0.2) is 0 Å². The number of hydrogen-bond donors (Lipinski definition) is 0. The molecule has 0 atom stereocenters. The average molecular weight is 211 g/mol. The normalized spacial score (nSPS) is 10.2. The second-order valence-electron chi connectivity index (χ2n) is 2.11. The summed E-state index contributed by atoms with van der Waals surface area (Å²) >= 11 is 5.52. The molecule has 1 rings (SSSR count). The SMILES string of the molecule is Cc1cc(F)c(Cl)cc1SCl. The van der Waals surface area contributed by atoms with Gasteiger partial charge in [0.25, 0.3) is 0 Å². The Morgan fingerprint density at radius 3 is 2.64 bits per heavy atom. The van der Waals surface area contributed by atoms with Gasteiger partial charge in [0, 0.05) is 4.90 Å². The third-order valence-corrected chi connectivity index (χ3v) is 2.70. The van der Waals surface area contributed by atoms with E-state index < -0.39 is 5.82 Å². The number of aryl methyl sites for hydroxylation is 1. The van der Waals surface area contributed by atoms with Crippen LogP contribution < -0.4 is 0 Å². The minimum absolute atomic E-state index is 0.110. The molecular weight excluding hydrogens is 206 g/mol. The lowest BCUT2D eigenvalue weighted by Crippen LogP contribution is -1.82. The predicted octanol–water partition coefficient (Wildman–Crippen LogP) is 4.03. The summed E-state index contributed by atoms with van der Waals surface area (Å²) in [6, 6.07) is 2.89. The first kappa shape index (κ1) is 9.17. The summed E-state index contributed by atoms with van der Waals surface area (Å²) in [4.78, 5) is 0.790. The smallest absolute Gasteiger partial charge is 0.142 e. The maximum atomic E-state index is 12.7. The number of hydrogen-bond acceptors (Lipinski definition) is 1. The van der Waals surface area contributed by atoms with Gasteiger partial charge in [0.05, 0.1) is 5.02 Å². The molecule has 0 saturated carbocycles. The van der Waals surface area contributed by atoms with E-state index in [4.69, 9.17) is 22.3 Å². The Hall–Kier alpha value is 0.0800. The first-order valence-electron chi connectivity index (χ1n) is 2.89. The van der Waals surface area contributed by atoms with Gasteiger partial charge < -0.3 is 0 Å². The van der Waals surface area contributed by atoms with Gasteiger partial charge in [0.2, 0.25) is 0 Å². The minimum Gasteiger partial charge on any atom is -0.205 e. The van der Waals surface area contributed by atoms with Gasteiger partial charge in [-0.15, -0.1) is 0 Å². The molecule has 11 heavy (non-hydrogen) atoms. The van der Waals surface area contributed by atoms with Crippen molar-refractivity contribution in [3.8, 4) is 0 Å². The fraction of sp³-hybridized carbons (Fsp3) is 0.143. The van der Waals surface area contributed by atoms with E-state index >= 15 is 0 Å². The van der Waals surface area contributed by atoms with E-state index in [-0.39, 0.29) is 5.02 Å². The van der Waals surface area contributed by atoms with E-state index in [1.807, 2.05) is 0 Å². The van der Waals surface area contributed by atoms with Crippen molar-refractivity contribution in [2.75, 3.05) is 0 Å². The topological polar surface area (TPSA) is 0 Å². The summed E-state index contributed by atoms with van der Waals surface area (Å²) in [6.07, 6.45) is 0. The lowest BCUT2D eigenvalue weighted by molar-refractivity contribution is 0.625. The number of halogens is 3. The zero-order chi connectivity index (χ0) is 8.43. The maximum Gasteiger partial charge on any atom is 0.142 e. The van der Waals surface area contributed by atoms with Gasteiger partial charge in [-0.1, -0.05) is 11.6 Å². The molecule has 0 heterocycles. The van der Waals surface area contributed by atoms with Crippen LogP contribution in [0.5, 0.6) is 0 Å². The van der Waals surface area contributed by atoms with Gasteiger partial charge in [-0.2, -0.15) is 0 Å². The Morgan fingerprint density at radius 2 is 2.09 bits per heavy atom. The van der Waals surface area contributed by atoms with Crippen LogP contribution in [-0.2, 0) is 0 Å². The summed E-state index contributed by atoms with van der Waals surface area (Å²) in [6.45, 7) is 1.78. The van der Waals surface area contributed by atoms with Crippen LogP contribution in [0.3, 0.4) is 0 Å². The molecule has 0 aliphatic heterocycles. The van der Waals surface area contributed by atoms with E-state index in [0.29, 0.717) is 0 Å². The summed E-state index contributed by atoms with van der Waals surface area (Å²) in [7, 11) is 6.53. The van der Waals surface area contributed by atoms with Crippen molar-refractivity contribution < 1.29 is 4.39 Å². The summed E-state index contributed by atoms with van der Waals surface area (Å²) < 4.78 is 12.7. The zero-order valence-corrected chi connectivity index (χ0v) is 8.03. The molecule has 0 aliphatic carbocycles.